The zero-order valence-electron chi connectivity index (χ0n) is 11.2. The molecular formula is C14H18N4OS. The Hall–Kier alpha value is -1.50. The molecule has 20 heavy (non-hydrogen) atoms. The summed E-state index contributed by atoms with van der Waals surface area (Å²) in [6, 6.07) is 9.95. The summed E-state index contributed by atoms with van der Waals surface area (Å²) in [6.07, 6.45) is 3.43. The third kappa shape index (κ3) is 2.82. The number of likely N-dealkylation sites (tertiary alicyclic amines) is 1. The molecule has 106 valence electrons. The van der Waals surface area contributed by atoms with Crippen LogP contribution in [0.3, 0.4) is 0 Å². The van der Waals surface area contributed by atoms with Crippen LogP contribution in [0, 0.1) is 4.77 Å². The average molecular weight is 290 g/mol. The van der Waals surface area contributed by atoms with E-state index in [1.165, 1.54) is 0 Å². The van der Waals surface area contributed by atoms with Crippen molar-refractivity contribution in [1.82, 2.24) is 19.2 Å². The molecule has 1 fully saturated rings. The van der Waals surface area contributed by atoms with Gasteiger partial charge in [0.15, 0.2) is 0 Å². The second kappa shape index (κ2) is 5.87. The van der Waals surface area contributed by atoms with Crippen LogP contribution in [0.25, 0.3) is 5.69 Å². The van der Waals surface area contributed by atoms with Crippen LogP contribution in [-0.4, -0.2) is 43.5 Å². The minimum Gasteiger partial charge on any atom is -0.392 e. The largest absolute Gasteiger partial charge is 0.392 e. The number of para-hydroxylation sites is 1. The molecule has 1 aromatic heterocycles. The molecule has 1 unspecified atom stereocenters. The van der Waals surface area contributed by atoms with E-state index in [0.29, 0.717) is 18.0 Å². The highest BCUT2D eigenvalue weighted by atomic mass is 32.1. The molecule has 2 aromatic rings. The Balaban J connectivity index is 1.79. The van der Waals surface area contributed by atoms with Gasteiger partial charge in [0, 0.05) is 18.8 Å². The number of benzene rings is 1. The lowest BCUT2D eigenvalue weighted by Crippen LogP contribution is -2.39. The number of nitrogens with zero attached hydrogens (tertiary/aromatic N) is 4. The van der Waals surface area contributed by atoms with Crippen LogP contribution >= 0.6 is 12.2 Å². The fraction of sp³-hybridized carbons (Fsp3) is 0.429. The van der Waals surface area contributed by atoms with Crippen molar-refractivity contribution < 1.29 is 5.11 Å². The van der Waals surface area contributed by atoms with Crippen LogP contribution in [-0.2, 0) is 6.67 Å². The first-order valence-electron chi connectivity index (χ1n) is 6.84. The minimum atomic E-state index is -0.228. The van der Waals surface area contributed by atoms with Crippen molar-refractivity contribution in [3.8, 4) is 5.69 Å². The van der Waals surface area contributed by atoms with Crippen LogP contribution in [0.15, 0.2) is 36.7 Å². The average Bonchev–Trinajstić information content (AvgIpc) is 2.81. The van der Waals surface area contributed by atoms with Crippen LogP contribution < -0.4 is 0 Å². The summed E-state index contributed by atoms with van der Waals surface area (Å²) < 4.78 is 4.38. The molecule has 2 heterocycles. The standard InChI is InChI=1S/C14H18N4OS/c19-13-7-4-8-16(9-13)11-18-14(20)17(10-15-18)12-5-2-1-3-6-12/h1-3,5-6,10,13,19H,4,7-9,11H2. The molecule has 1 aromatic carbocycles. The molecule has 3 rings (SSSR count). The lowest BCUT2D eigenvalue weighted by atomic mass is 10.1. The number of piperidine rings is 1. The maximum Gasteiger partial charge on any atom is 0.203 e. The Morgan fingerprint density at radius 2 is 2.10 bits per heavy atom. The number of aromatic nitrogens is 3. The summed E-state index contributed by atoms with van der Waals surface area (Å²) in [5, 5.41) is 14.1. The van der Waals surface area contributed by atoms with E-state index in [9.17, 15) is 5.11 Å². The summed E-state index contributed by atoms with van der Waals surface area (Å²) in [7, 11) is 0. The number of aliphatic hydroxyl groups excluding tert-OH is 1. The molecule has 1 atom stereocenters. The molecule has 6 heteroatoms. The van der Waals surface area contributed by atoms with Crippen LogP contribution in [0.5, 0.6) is 0 Å². The Morgan fingerprint density at radius 1 is 1.30 bits per heavy atom. The van der Waals surface area contributed by atoms with Gasteiger partial charge in [0.05, 0.1) is 12.8 Å². The van der Waals surface area contributed by atoms with Gasteiger partial charge in [0.25, 0.3) is 0 Å². The highest BCUT2D eigenvalue weighted by Crippen LogP contribution is 2.12. The highest BCUT2D eigenvalue weighted by Gasteiger charge is 2.18. The van der Waals surface area contributed by atoms with Gasteiger partial charge in [-0.3, -0.25) is 9.47 Å². The highest BCUT2D eigenvalue weighted by molar-refractivity contribution is 7.71. The summed E-state index contributed by atoms with van der Waals surface area (Å²) in [4.78, 5) is 2.19. The zero-order chi connectivity index (χ0) is 13.9. The van der Waals surface area contributed by atoms with E-state index >= 15 is 0 Å². The zero-order valence-corrected chi connectivity index (χ0v) is 12.0. The van der Waals surface area contributed by atoms with Crippen LogP contribution in [0.4, 0.5) is 0 Å². The fourth-order valence-electron chi connectivity index (χ4n) is 2.55. The van der Waals surface area contributed by atoms with Gasteiger partial charge in [-0.05, 0) is 37.2 Å². The molecule has 0 bridgehead atoms. The Labute approximate surface area is 123 Å². The molecule has 1 N–H and O–H groups in total. The van der Waals surface area contributed by atoms with E-state index in [-0.39, 0.29) is 6.10 Å². The minimum absolute atomic E-state index is 0.228. The Morgan fingerprint density at radius 3 is 2.85 bits per heavy atom. The molecule has 0 saturated carbocycles. The van der Waals surface area contributed by atoms with E-state index < -0.39 is 0 Å². The maximum absolute atomic E-state index is 9.71. The second-order valence-corrected chi connectivity index (χ2v) is 5.50. The van der Waals surface area contributed by atoms with E-state index in [0.717, 1.165) is 25.1 Å². The number of hydrogen-bond donors (Lipinski definition) is 1. The monoisotopic (exact) mass is 290 g/mol. The van der Waals surface area contributed by atoms with Gasteiger partial charge in [-0.1, -0.05) is 18.2 Å². The first kappa shape index (κ1) is 13.5. The van der Waals surface area contributed by atoms with E-state index in [4.69, 9.17) is 12.2 Å². The molecule has 0 aliphatic carbocycles. The van der Waals surface area contributed by atoms with Gasteiger partial charge in [-0.2, -0.15) is 5.10 Å². The lowest BCUT2D eigenvalue weighted by Gasteiger charge is -2.29. The first-order chi connectivity index (χ1) is 9.74. The van der Waals surface area contributed by atoms with Crippen molar-refractivity contribution in [3.05, 3.63) is 41.4 Å². The molecule has 1 aliphatic heterocycles. The predicted octanol–water partition coefficient (Wildman–Crippen LogP) is 1.82. The van der Waals surface area contributed by atoms with Crippen LogP contribution in [0.1, 0.15) is 12.8 Å². The molecule has 0 amide bonds. The van der Waals surface area contributed by atoms with Crippen molar-refractivity contribution >= 4 is 12.2 Å². The number of hydrogen-bond acceptors (Lipinski definition) is 4. The normalized spacial score (nSPS) is 20.1. The molecule has 0 spiro atoms. The van der Waals surface area contributed by atoms with Crippen molar-refractivity contribution in [2.75, 3.05) is 13.1 Å². The second-order valence-electron chi connectivity index (χ2n) is 5.13. The van der Waals surface area contributed by atoms with E-state index in [1.54, 1.807) is 11.0 Å². The molecular weight excluding hydrogens is 272 g/mol. The van der Waals surface area contributed by atoms with Crippen molar-refractivity contribution in [1.29, 1.82) is 0 Å². The van der Waals surface area contributed by atoms with Crippen LogP contribution in [0.2, 0.25) is 0 Å². The summed E-state index contributed by atoms with van der Waals surface area (Å²) >= 11 is 5.48. The van der Waals surface area contributed by atoms with E-state index in [1.807, 2.05) is 34.9 Å². The number of aliphatic hydroxyl groups is 1. The quantitative estimate of drug-likeness (QED) is 0.876. The summed E-state index contributed by atoms with van der Waals surface area (Å²) in [5.74, 6) is 0. The fourth-order valence-corrected chi connectivity index (χ4v) is 2.81. The Kier molecular flexibility index (Phi) is 3.95. The molecule has 5 nitrogen and oxygen atoms in total. The van der Waals surface area contributed by atoms with Crippen molar-refractivity contribution in [2.45, 2.75) is 25.6 Å². The summed E-state index contributed by atoms with van der Waals surface area (Å²) in [6.45, 7) is 2.31. The third-order valence-corrected chi connectivity index (χ3v) is 3.99. The van der Waals surface area contributed by atoms with E-state index in [2.05, 4.69) is 10.00 Å². The molecule has 1 saturated heterocycles. The Bertz CT molecular complexity index is 622. The van der Waals surface area contributed by atoms with Crippen molar-refractivity contribution in [3.63, 3.8) is 0 Å². The SMILES string of the molecule is OC1CCCN(Cn2ncn(-c3ccccc3)c2=S)C1. The smallest absolute Gasteiger partial charge is 0.203 e. The first-order valence-corrected chi connectivity index (χ1v) is 7.25. The number of rotatable bonds is 3. The molecule has 1 aliphatic rings. The van der Waals surface area contributed by atoms with Gasteiger partial charge in [0.2, 0.25) is 4.77 Å². The summed E-state index contributed by atoms with van der Waals surface area (Å²) in [5.41, 5.74) is 1.02. The molecule has 0 radical (unpaired) electrons. The maximum atomic E-state index is 9.71. The third-order valence-electron chi connectivity index (χ3n) is 3.58. The number of β-amino-alcohol motifs (C(OH)–C–C–N with tert-alkyl or cyclic N) is 1. The predicted molar refractivity (Wildman–Crippen MR) is 79.2 cm³/mol. The lowest BCUT2D eigenvalue weighted by molar-refractivity contribution is 0.0513. The topological polar surface area (TPSA) is 46.2 Å². The van der Waals surface area contributed by atoms with Gasteiger partial charge < -0.3 is 5.11 Å². The van der Waals surface area contributed by atoms with Gasteiger partial charge >= 0.3 is 0 Å². The van der Waals surface area contributed by atoms with Gasteiger partial charge in [0.1, 0.15) is 6.33 Å². The van der Waals surface area contributed by atoms with Gasteiger partial charge in [-0.25, -0.2) is 4.68 Å². The van der Waals surface area contributed by atoms with Gasteiger partial charge in [-0.15, -0.1) is 0 Å². The van der Waals surface area contributed by atoms with Crippen molar-refractivity contribution in [2.24, 2.45) is 0 Å².